The van der Waals surface area contributed by atoms with E-state index in [0.29, 0.717) is 29.4 Å². The van der Waals surface area contributed by atoms with Crippen LogP contribution >= 0.6 is 11.6 Å². The topological polar surface area (TPSA) is 104 Å². The van der Waals surface area contributed by atoms with Crippen molar-refractivity contribution in [1.29, 1.82) is 0 Å². The zero-order valence-electron chi connectivity index (χ0n) is 17.5. The van der Waals surface area contributed by atoms with Crippen molar-refractivity contribution < 1.29 is 19.6 Å². The number of amides is 2. The fourth-order valence-corrected chi connectivity index (χ4v) is 4.37. The molecule has 2 aromatic carbocycles. The molecule has 1 saturated heterocycles. The average molecular weight is 456 g/mol. The number of aliphatic hydroxyl groups is 1. The Morgan fingerprint density at radius 2 is 1.88 bits per heavy atom. The zero-order valence-corrected chi connectivity index (χ0v) is 18.2. The van der Waals surface area contributed by atoms with E-state index >= 15 is 0 Å². The van der Waals surface area contributed by atoms with Crippen LogP contribution in [0.4, 0.5) is 11.4 Å². The minimum Gasteiger partial charge on any atom is -0.396 e. The second kappa shape index (κ2) is 8.72. The number of nitro groups is 1. The molecule has 0 radical (unpaired) electrons. The number of rotatable bonds is 5. The number of nitro benzene ring substituents is 1. The molecule has 2 aliphatic heterocycles. The molecular weight excluding hydrogens is 434 g/mol. The number of nitrogens with zero attached hydrogens (tertiary/aromatic N) is 3. The number of carbonyl (C=O) groups excluding carboxylic acids is 2. The van der Waals surface area contributed by atoms with Crippen molar-refractivity contribution in [1.82, 2.24) is 4.90 Å². The Morgan fingerprint density at radius 3 is 2.50 bits per heavy atom. The largest absolute Gasteiger partial charge is 0.396 e. The van der Waals surface area contributed by atoms with Crippen molar-refractivity contribution in [3.8, 4) is 0 Å². The van der Waals surface area contributed by atoms with Crippen LogP contribution in [0.1, 0.15) is 24.0 Å². The summed E-state index contributed by atoms with van der Waals surface area (Å²) < 4.78 is 0. The van der Waals surface area contributed by atoms with Gasteiger partial charge in [-0.1, -0.05) is 17.7 Å². The Morgan fingerprint density at radius 1 is 1.16 bits per heavy atom. The average Bonchev–Trinajstić information content (AvgIpc) is 3.05. The Labute approximate surface area is 189 Å². The summed E-state index contributed by atoms with van der Waals surface area (Å²) in [5.74, 6) is -0.980. The standard InChI is InChI=1S/C23H22ClN3O5/c1-14-4-7-18(11-19(14)24)26-22(29)20(16-5-8-17(9-6-16)27(31)32)21(23(26)30)25-10-2-3-15(12-25)13-28/h4-9,11,15,28H,2-3,10,12-13H2,1H3. The summed E-state index contributed by atoms with van der Waals surface area (Å²) in [4.78, 5) is 40.6. The first-order chi connectivity index (χ1) is 15.3. The fourth-order valence-electron chi connectivity index (χ4n) is 4.19. The van der Waals surface area contributed by atoms with Crippen molar-refractivity contribution in [3.05, 3.63) is 74.4 Å². The molecular formula is C23H22ClN3O5. The summed E-state index contributed by atoms with van der Waals surface area (Å²) in [7, 11) is 0. The van der Waals surface area contributed by atoms with Crippen LogP contribution < -0.4 is 4.90 Å². The van der Waals surface area contributed by atoms with Gasteiger partial charge in [0, 0.05) is 36.9 Å². The first-order valence-electron chi connectivity index (χ1n) is 10.3. The molecule has 166 valence electrons. The summed E-state index contributed by atoms with van der Waals surface area (Å²) in [5.41, 5.74) is 1.95. The highest BCUT2D eigenvalue weighted by Crippen LogP contribution is 2.37. The van der Waals surface area contributed by atoms with Crippen LogP contribution in [0.15, 0.2) is 48.2 Å². The number of hydrogen-bond acceptors (Lipinski definition) is 6. The third-order valence-corrected chi connectivity index (χ3v) is 6.34. The minimum atomic E-state index is -0.516. The molecule has 2 amide bonds. The van der Waals surface area contributed by atoms with Crippen molar-refractivity contribution in [2.75, 3.05) is 24.6 Å². The SMILES string of the molecule is Cc1ccc(N2C(=O)C(c3ccc([N+](=O)[O-])cc3)=C(N3CCCC(CO)C3)C2=O)cc1Cl. The second-order valence-electron chi connectivity index (χ2n) is 8.04. The summed E-state index contributed by atoms with van der Waals surface area (Å²) in [6.45, 7) is 2.85. The van der Waals surface area contributed by atoms with Crippen LogP contribution in [-0.2, 0) is 9.59 Å². The van der Waals surface area contributed by atoms with E-state index in [-0.39, 0.29) is 29.5 Å². The van der Waals surface area contributed by atoms with Crippen LogP contribution in [0.5, 0.6) is 0 Å². The molecule has 0 aliphatic carbocycles. The maximum atomic E-state index is 13.6. The van der Waals surface area contributed by atoms with E-state index in [0.717, 1.165) is 23.3 Å². The smallest absolute Gasteiger partial charge is 0.282 e. The van der Waals surface area contributed by atoms with E-state index in [1.165, 1.54) is 24.3 Å². The van der Waals surface area contributed by atoms with Gasteiger partial charge in [0.15, 0.2) is 0 Å². The quantitative estimate of drug-likeness (QED) is 0.420. The van der Waals surface area contributed by atoms with Crippen molar-refractivity contribution in [2.45, 2.75) is 19.8 Å². The monoisotopic (exact) mass is 455 g/mol. The van der Waals surface area contributed by atoms with Gasteiger partial charge in [0.2, 0.25) is 0 Å². The van der Waals surface area contributed by atoms with Crippen LogP contribution in [0.3, 0.4) is 0 Å². The minimum absolute atomic E-state index is 0.000122. The van der Waals surface area contributed by atoms with Gasteiger partial charge < -0.3 is 10.0 Å². The van der Waals surface area contributed by atoms with Gasteiger partial charge in [0.05, 0.1) is 16.2 Å². The van der Waals surface area contributed by atoms with Gasteiger partial charge in [0.1, 0.15) is 5.70 Å². The number of imide groups is 1. The highest BCUT2D eigenvalue weighted by atomic mass is 35.5. The molecule has 4 rings (SSSR count). The highest BCUT2D eigenvalue weighted by Gasteiger charge is 2.43. The van der Waals surface area contributed by atoms with Gasteiger partial charge in [-0.15, -0.1) is 0 Å². The predicted molar refractivity (Wildman–Crippen MR) is 120 cm³/mol. The molecule has 0 bridgehead atoms. The first kappa shape index (κ1) is 22.0. The van der Waals surface area contributed by atoms with Crippen LogP contribution in [0.2, 0.25) is 5.02 Å². The normalized spacial score (nSPS) is 19.2. The molecule has 1 N–H and O–H groups in total. The van der Waals surface area contributed by atoms with E-state index in [4.69, 9.17) is 11.6 Å². The van der Waals surface area contributed by atoms with E-state index in [2.05, 4.69) is 0 Å². The lowest BCUT2D eigenvalue weighted by Crippen LogP contribution is -2.40. The lowest BCUT2D eigenvalue weighted by atomic mass is 9.97. The number of hydrogen-bond donors (Lipinski definition) is 1. The Hall–Kier alpha value is -3.23. The van der Waals surface area contributed by atoms with Crippen LogP contribution in [0, 0.1) is 23.0 Å². The highest BCUT2D eigenvalue weighted by molar-refractivity contribution is 6.45. The number of aliphatic hydroxyl groups excluding tert-OH is 1. The molecule has 2 aliphatic rings. The van der Waals surface area contributed by atoms with Crippen LogP contribution in [-0.4, -0.2) is 46.4 Å². The maximum Gasteiger partial charge on any atom is 0.282 e. The Balaban J connectivity index is 1.81. The van der Waals surface area contributed by atoms with Gasteiger partial charge in [-0.3, -0.25) is 19.7 Å². The summed E-state index contributed by atoms with van der Waals surface area (Å²) in [5, 5.41) is 21.1. The summed E-state index contributed by atoms with van der Waals surface area (Å²) >= 11 is 6.25. The second-order valence-corrected chi connectivity index (χ2v) is 8.45. The number of piperidine rings is 1. The Kier molecular flexibility index (Phi) is 5.99. The predicted octanol–water partition coefficient (Wildman–Crippen LogP) is 3.55. The molecule has 0 spiro atoms. The first-order valence-corrected chi connectivity index (χ1v) is 10.7. The van der Waals surface area contributed by atoms with Gasteiger partial charge in [0.25, 0.3) is 17.5 Å². The lowest BCUT2D eigenvalue weighted by molar-refractivity contribution is -0.384. The van der Waals surface area contributed by atoms with Crippen molar-refractivity contribution in [2.24, 2.45) is 5.92 Å². The number of benzene rings is 2. The van der Waals surface area contributed by atoms with Gasteiger partial charge in [-0.05, 0) is 61.1 Å². The van der Waals surface area contributed by atoms with Gasteiger partial charge in [-0.25, -0.2) is 4.90 Å². The van der Waals surface area contributed by atoms with Gasteiger partial charge >= 0.3 is 0 Å². The maximum absolute atomic E-state index is 13.6. The number of likely N-dealkylation sites (tertiary alicyclic amines) is 1. The molecule has 0 aromatic heterocycles. The van der Waals surface area contributed by atoms with Crippen molar-refractivity contribution in [3.63, 3.8) is 0 Å². The molecule has 32 heavy (non-hydrogen) atoms. The number of anilines is 1. The number of aryl methyl sites for hydroxylation is 1. The van der Waals surface area contributed by atoms with E-state index < -0.39 is 16.7 Å². The molecule has 2 aromatic rings. The Bertz CT molecular complexity index is 1130. The third-order valence-electron chi connectivity index (χ3n) is 5.93. The molecule has 9 heteroatoms. The van der Waals surface area contributed by atoms with E-state index in [9.17, 15) is 24.8 Å². The van der Waals surface area contributed by atoms with E-state index in [1.807, 2.05) is 11.8 Å². The van der Waals surface area contributed by atoms with E-state index in [1.54, 1.807) is 18.2 Å². The zero-order chi connectivity index (χ0) is 23.0. The van der Waals surface area contributed by atoms with Gasteiger partial charge in [-0.2, -0.15) is 0 Å². The van der Waals surface area contributed by atoms with Crippen molar-refractivity contribution >= 4 is 40.4 Å². The lowest BCUT2D eigenvalue weighted by Gasteiger charge is -2.34. The molecule has 0 saturated carbocycles. The van der Waals surface area contributed by atoms with Crippen LogP contribution in [0.25, 0.3) is 5.57 Å². The molecule has 2 heterocycles. The third kappa shape index (κ3) is 3.87. The number of carbonyl (C=O) groups is 2. The summed E-state index contributed by atoms with van der Waals surface area (Å²) in [6.07, 6.45) is 1.62. The molecule has 1 fully saturated rings. The number of non-ortho nitro benzene ring substituents is 1. The molecule has 8 nitrogen and oxygen atoms in total. The summed E-state index contributed by atoms with van der Waals surface area (Å²) in [6, 6.07) is 10.6. The molecule has 1 atom stereocenters. The fraction of sp³-hybridized carbons (Fsp3) is 0.304. The number of halogens is 1. The molecule has 1 unspecified atom stereocenters.